The number of aromatic nitrogens is 3. The van der Waals surface area contributed by atoms with Gasteiger partial charge in [-0.1, -0.05) is 44.2 Å². The molecule has 0 amide bonds. The predicted molar refractivity (Wildman–Crippen MR) is 128 cm³/mol. The van der Waals surface area contributed by atoms with Crippen LogP contribution in [0, 0.1) is 6.92 Å². The first-order valence-electron chi connectivity index (χ1n) is 10.8. The Labute approximate surface area is 187 Å². The van der Waals surface area contributed by atoms with Gasteiger partial charge in [-0.05, 0) is 66.2 Å². The van der Waals surface area contributed by atoms with Crippen molar-refractivity contribution in [2.45, 2.75) is 50.7 Å². The molecule has 3 heterocycles. The van der Waals surface area contributed by atoms with Gasteiger partial charge in [-0.15, -0.1) is 0 Å². The Bertz CT molecular complexity index is 1180. The molecule has 4 aromatic rings. The Morgan fingerprint density at radius 1 is 1.13 bits per heavy atom. The summed E-state index contributed by atoms with van der Waals surface area (Å²) in [6.07, 6.45) is 3.70. The zero-order chi connectivity index (χ0) is 21.8. The third-order valence-corrected chi connectivity index (χ3v) is 6.26. The normalized spacial score (nSPS) is 18.3. The van der Waals surface area contributed by atoms with Crippen molar-refractivity contribution in [3.63, 3.8) is 0 Å². The molecule has 1 fully saturated rings. The van der Waals surface area contributed by atoms with Crippen LogP contribution in [-0.4, -0.2) is 27.2 Å². The van der Waals surface area contributed by atoms with Gasteiger partial charge in [-0.2, -0.15) is 5.10 Å². The van der Waals surface area contributed by atoms with Crippen LogP contribution >= 0.6 is 11.9 Å². The average Bonchev–Trinajstić information content (AvgIpc) is 3.40. The van der Waals surface area contributed by atoms with Gasteiger partial charge in [0.1, 0.15) is 17.9 Å². The molecule has 5 rings (SSSR count). The minimum Gasteiger partial charge on any atom is -0.382 e. The Morgan fingerprint density at radius 3 is 2.77 bits per heavy atom. The van der Waals surface area contributed by atoms with Crippen LogP contribution in [0.3, 0.4) is 0 Å². The molecule has 2 aromatic heterocycles. The van der Waals surface area contributed by atoms with Gasteiger partial charge in [-0.25, -0.2) is 9.50 Å². The number of fused-ring (bicyclic) bond motifs is 2. The van der Waals surface area contributed by atoms with Crippen LogP contribution in [0.15, 0.2) is 59.8 Å². The largest absolute Gasteiger partial charge is 0.382 e. The highest BCUT2D eigenvalue weighted by molar-refractivity contribution is 7.97. The maximum Gasteiger partial charge on any atom is 0.151 e. The number of hydrogen-bond donors (Lipinski definition) is 2. The lowest BCUT2D eigenvalue weighted by Gasteiger charge is -2.14. The van der Waals surface area contributed by atoms with Gasteiger partial charge in [0.15, 0.2) is 5.82 Å². The summed E-state index contributed by atoms with van der Waals surface area (Å²) in [6, 6.07) is 17.1. The monoisotopic (exact) mass is 435 g/mol. The second-order valence-electron chi connectivity index (χ2n) is 7.44. The quantitative estimate of drug-likeness (QED) is 0.413. The Kier molecular flexibility index (Phi) is 6.75. The van der Waals surface area contributed by atoms with Crippen molar-refractivity contribution in [1.82, 2.24) is 19.3 Å². The number of anilines is 1. The van der Waals surface area contributed by atoms with Gasteiger partial charge in [0.05, 0.1) is 11.8 Å². The van der Waals surface area contributed by atoms with Gasteiger partial charge >= 0.3 is 0 Å². The standard InChI is InChI=1S/C22H23N5OS.C2H6/c1-14-10-19(27-21(14)22(23)24-13-25-27)20-9-7-17(28-20)12-26-29-18-8-6-15-4-2-3-5-16(15)11-18;1-2/h2-6,8,10-11,13,17,20,26H,7,9,12H2,1H3,(H2,23,24,25);1-2H3/t17?,20-;/m1./s1. The number of nitrogens with one attached hydrogen (secondary N) is 1. The molecule has 0 spiro atoms. The molecule has 1 saturated heterocycles. The zero-order valence-corrected chi connectivity index (χ0v) is 19.0. The number of rotatable bonds is 5. The Morgan fingerprint density at radius 2 is 1.94 bits per heavy atom. The molecule has 2 aromatic carbocycles. The fourth-order valence-corrected chi connectivity index (χ4v) is 4.79. The van der Waals surface area contributed by atoms with Crippen molar-refractivity contribution in [2.75, 3.05) is 12.3 Å². The lowest BCUT2D eigenvalue weighted by atomic mass is 10.1. The van der Waals surface area contributed by atoms with E-state index in [0.29, 0.717) is 5.82 Å². The van der Waals surface area contributed by atoms with E-state index in [1.165, 1.54) is 22.0 Å². The van der Waals surface area contributed by atoms with Gasteiger partial charge in [0.25, 0.3) is 0 Å². The minimum absolute atomic E-state index is 0.0305. The number of aryl methyl sites for hydroxylation is 1. The van der Waals surface area contributed by atoms with Gasteiger partial charge in [0.2, 0.25) is 0 Å². The van der Waals surface area contributed by atoms with E-state index in [0.717, 1.165) is 36.2 Å². The molecule has 0 aliphatic carbocycles. The zero-order valence-electron chi connectivity index (χ0n) is 18.2. The smallest absolute Gasteiger partial charge is 0.151 e. The fraction of sp³-hybridized carbons (Fsp3) is 0.333. The fourth-order valence-electron chi connectivity index (χ4n) is 4.03. The summed E-state index contributed by atoms with van der Waals surface area (Å²) in [5, 5.41) is 6.90. The third kappa shape index (κ3) is 4.54. The molecule has 0 bridgehead atoms. The van der Waals surface area contributed by atoms with Crippen LogP contribution in [-0.2, 0) is 4.74 Å². The van der Waals surface area contributed by atoms with E-state index in [2.05, 4.69) is 63.3 Å². The SMILES string of the molecule is CC.Cc1cc([C@H]2CCC(CNSc3ccc4ccccc4c3)O2)n2ncnc(N)c12. The summed E-state index contributed by atoms with van der Waals surface area (Å²) in [6.45, 7) is 6.83. The third-order valence-electron chi connectivity index (χ3n) is 5.46. The summed E-state index contributed by atoms with van der Waals surface area (Å²) in [5.74, 6) is 0.506. The summed E-state index contributed by atoms with van der Waals surface area (Å²) >= 11 is 1.66. The van der Waals surface area contributed by atoms with Crippen molar-refractivity contribution in [3.05, 3.63) is 66.1 Å². The Hall–Kier alpha value is -2.61. The van der Waals surface area contributed by atoms with Gasteiger partial charge in [0, 0.05) is 11.4 Å². The van der Waals surface area contributed by atoms with E-state index in [-0.39, 0.29) is 12.2 Å². The van der Waals surface area contributed by atoms with Crippen LogP contribution in [0.25, 0.3) is 16.3 Å². The van der Waals surface area contributed by atoms with Crippen molar-refractivity contribution < 1.29 is 4.74 Å². The number of nitrogen functional groups attached to an aromatic ring is 1. The molecule has 31 heavy (non-hydrogen) atoms. The highest BCUT2D eigenvalue weighted by Crippen LogP contribution is 2.35. The first kappa shape index (κ1) is 21.6. The van der Waals surface area contributed by atoms with E-state index in [4.69, 9.17) is 10.5 Å². The summed E-state index contributed by atoms with van der Waals surface area (Å²) in [4.78, 5) is 5.31. The van der Waals surface area contributed by atoms with E-state index < -0.39 is 0 Å². The predicted octanol–water partition coefficient (Wildman–Crippen LogP) is 5.32. The topological polar surface area (TPSA) is 77.5 Å². The van der Waals surface area contributed by atoms with Crippen molar-refractivity contribution >= 4 is 34.1 Å². The second kappa shape index (κ2) is 9.68. The van der Waals surface area contributed by atoms with Crippen LogP contribution in [0.4, 0.5) is 5.82 Å². The number of nitrogens with zero attached hydrogens (tertiary/aromatic N) is 3. The number of benzene rings is 2. The summed E-state index contributed by atoms with van der Waals surface area (Å²) in [5.41, 5.74) is 9.03. The molecular weight excluding hydrogens is 406 g/mol. The van der Waals surface area contributed by atoms with Crippen molar-refractivity contribution in [2.24, 2.45) is 0 Å². The highest BCUT2D eigenvalue weighted by atomic mass is 32.2. The molecule has 2 atom stereocenters. The van der Waals surface area contributed by atoms with Crippen molar-refractivity contribution in [3.8, 4) is 0 Å². The molecule has 7 heteroatoms. The van der Waals surface area contributed by atoms with Crippen molar-refractivity contribution in [1.29, 1.82) is 0 Å². The molecule has 0 saturated carbocycles. The number of nitrogens with two attached hydrogens (primary N) is 1. The molecule has 1 unspecified atom stereocenters. The lowest BCUT2D eigenvalue weighted by molar-refractivity contribution is 0.0448. The van der Waals surface area contributed by atoms with Gasteiger partial charge < -0.3 is 10.5 Å². The van der Waals surface area contributed by atoms with E-state index in [9.17, 15) is 0 Å². The first-order chi connectivity index (χ1) is 15.2. The van der Waals surface area contributed by atoms with E-state index >= 15 is 0 Å². The van der Waals surface area contributed by atoms with Crippen LogP contribution in [0.5, 0.6) is 0 Å². The molecule has 1 aliphatic heterocycles. The maximum absolute atomic E-state index is 6.32. The first-order valence-corrected chi connectivity index (χ1v) is 11.6. The number of hydrogen-bond acceptors (Lipinski definition) is 6. The summed E-state index contributed by atoms with van der Waals surface area (Å²) < 4.78 is 11.7. The van der Waals surface area contributed by atoms with E-state index in [1.54, 1.807) is 11.9 Å². The minimum atomic E-state index is 0.0305. The average molecular weight is 436 g/mol. The van der Waals surface area contributed by atoms with Gasteiger partial charge in [-0.3, -0.25) is 4.72 Å². The van der Waals surface area contributed by atoms with Crippen LogP contribution < -0.4 is 10.5 Å². The molecule has 0 radical (unpaired) electrons. The maximum atomic E-state index is 6.32. The van der Waals surface area contributed by atoms with Crippen LogP contribution in [0.1, 0.15) is 44.1 Å². The van der Waals surface area contributed by atoms with E-state index in [1.807, 2.05) is 25.3 Å². The molecule has 1 aliphatic rings. The second-order valence-corrected chi connectivity index (χ2v) is 8.41. The lowest BCUT2D eigenvalue weighted by Crippen LogP contribution is -2.21. The molecule has 3 N–H and O–H groups in total. The molecule has 6 nitrogen and oxygen atoms in total. The highest BCUT2D eigenvalue weighted by Gasteiger charge is 2.29. The van der Waals surface area contributed by atoms with Crippen LogP contribution in [0.2, 0.25) is 0 Å². The molecule has 162 valence electrons. The summed E-state index contributed by atoms with van der Waals surface area (Å²) in [7, 11) is 0. The molecular formula is C24H29N5OS. The Balaban J connectivity index is 0.00000112. The number of ether oxygens (including phenoxy) is 1.